The number of aromatic nitrogens is 1. The predicted octanol–water partition coefficient (Wildman–Crippen LogP) is 3.57. The Morgan fingerprint density at radius 3 is 2.68 bits per heavy atom. The van der Waals surface area contributed by atoms with E-state index in [-0.39, 0.29) is 17.1 Å². The Labute approximate surface area is 150 Å². The van der Waals surface area contributed by atoms with Crippen LogP contribution in [0.3, 0.4) is 0 Å². The zero-order chi connectivity index (χ0) is 18.2. The molecule has 0 saturated heterocycles. The van der Waals surface area contributed by atoms with Crippen molar-refractivity contribution in [3.05, 3.63) is 34.3 Å². The highest BCUT2D eigenvalue weighted by Crippen LogP contribution is 2.38. The van der Waals surface area contributed by atoms with E-state index in [4.69, 9.17) is 9.47 Å². The number of hydrogen-bond donors (Lipinski definition) is 1. The highest BCUT2D eigenvalue weighted by molar-refractivity contribution is 7.17. The average Bonchev–Trinajstić information content (AvgIpc) is 2.95. The van der Waals surface area contributed by atoms with Gasteiger partial charge >= 0.3 is 0 Å². The number of benzene rings is 1. The largest absolute Gasteiger partial charge is 0.493 e. The highest BCUT2D eigenvalue weighted by Gasteiger charge is 2.34. The summed E-state index contributed by atoms with van der Waals surface area (Å²) in [6.07, 6.45) is 1.22. The normalized spacial score (nSPS) is 15.4. The van der Waals surface area contributed by atoms with Crippen molar-refractivity contribution in [3.8, 4) is 11.5 Å². The fraction of sp³-hybridized carbons (Fsp3) is 0.389. The van der Waals surface area contributed by atoms with Crippen molar-refractivity contribution in [2.45, 2.75) is 26.7 Å². The first-order valence-electron chi connectivity index (χ1n) is 7.90. The molecule has 1 amide bonds. The minimum atomic E-state index is -0.353. The van der Waals surface area contributed by atoms with Crippen molar-refractivity contribution in [1.29, 1.82) is 0 Å². The number of nitrogens with one attached hydrogen (secondary N) is 1. The van der Waals surface area contributed by atoms with Crippen molar-refractivity contribution in [3.63, 3.8) is 0 Å². The van der Waals surface area contributed by atoms with Crippen LogP contribution in [0.4, 0.5) is 5.13 Å². The first-order chi connectivity index (χ1) is 11.8. The topological polar surface area (TPSA) is 77.5 Å². The number of ether oxygens (including phenoxy) is 2. The number of nitrogens with zero attached hydrogens (tertiary/aromatic N) is 1. The number of ketones is 1. The number of para-hydroxylation sites is 1. The minimum absolute atomic E-state index is 0.0863. The van der Waals surface area contributed by atoms with Crippen LogP contribution in [0.25, 0.3) is 0 Å². The van der Waals surface area contributed by atoms with E-state index in [1.54, 1.807) is 18.2 Å². The van der Waals surface area contributed by atoms with Crippen molar-refractivity contribution >= 4 is 28.2 Å². The molecule has 0 bridgehead atoms. The number of carbonyl (C=O) groups is 2. The lowest BCUT2D eigenvalue weighted by Crippen LogP contribution is -2.26. The number of hydrogen-bond acceptors (Lipinski definition) is 6. The fourth-order valence-electron chi connectivity index (χ4n) is 3.00. The Morgan fingerprint density at radius 1 is 1.24 bits per heavy atom. The van der Waals surface area contributed by atoms with E-state index in [0.29, 0.717) is 33.5 Å². The Bertz CT molecular complexity index is 842. The molecule has 1 aliphatic carbocycles. The van der Waals surface area contributed by atoms with Gasteiger partial charge in [-0.25, -0.2) is 4.98 Å². The molecule has 3 rings (SSSR count). The van der Waals surface area contributed by atoms with Gasteiger partial charge in [0.25, 0.3) is 5.91 Å². The number of rotatable bonds is 4. The van der Waals surface area contributed by atoms with E-state index < -0.39 is 0 Å². The summed E-state index contributed by atoms with van der Waals surface area (Å²) in [7, 11) is 3.00. The second-order valence-corrected chi connectivity index (χ2v) is 7.73. The second kappa shape index (κ2) is 6.48. The van der Waals surface area contributed by atoms with Crippen LogP contribution in [0.1, 0.15) is 46.0 Å². The Hall–Kier alpha value is -2.41. The quantitative estimate of drug-likeness (QED) is 0.902. The fourth-order valence-corrected chi connectivity index (χ4v) is 3.92. The lowest BCUT2D eigenvalue weighted by molar-refractivity contribution is 0.0915. The third kappa shape index (κ3) is 3.37. The van der Waals surface area contributed by atoms with Crippen LogP contribution < -0.4 is 14.8 Å². The van der Waals surface area contributed by atoms with Crippen LogP contribution in [-0.4, -0.2) is 30.9 Å². The summed E-state index contributed by atoms with van der Waals surface area (Å²) >= 11 is 1.23. The molecule has 0 spiro atoms. The smallest absolute Gasteiger partial charge is 0.261 e. The number of amides is 1. The Morgan fingerprint density at radius 2 is 2.00 bits per heavy atom. The van der Waals surface area contributed by atoms with Crippen LogP contribution in [0.2, 0.25) is 0 Å². The van der Waals surface area contributed by atoms with Crippen LogP contribution >= 0.6 is 11.3 Å². The molecule has 0 radical (unpaired) electrons. The van der Waals surface area contributed by atoms with Gasteiger partial charge in [-0.05, 0) is 24.0 Å². The number of anilines is 1. The lowest BCUT2D eigenvalue weighted by atomic mass is 9.78. The molecule has 1 aromatic carbocycles. The third-order valence-electron chi connectivity index (χ3n) is 4.10. The number of methoxy groups -OCH3 is 2. The molecular formula is C18H20N2O4S. The zero-order valence-electron chi connectivity index (χ0n) is 14.6. The number of Topliss-reactive ketones (excluding diaryl/α,β-unsaturated/α-hetero) is 1. The van der Waals surface area contributed by atoms with Crippen LogP contribution in [-0.2, 0) is 6.42 Å². The molecule has 2 aromatic rings. The van der Waals surface area contributed by atoms with Crippen molar-refractivity contribution in [2.75, 3.05) is 19.5 Å². The zero-order valence-corrected chi connectivity index (χ0v) is 15.5. The molecule has 0 aliphatic heterocycles. The Kier molecular flexibility index (Phi) is 4.51. The van der Waals surface area contributed by atoms with E-state index in [0.717, 1.165) is 12.1 Å². The summed E-state index contributed by atoms with van der Waals surface area (Å²) in [6.45, 7) is 4.10. The highest BCUT2D eigenvalue weighted by atomic mass is 32.1. The summed E-state index contributed by atoms with van der Waals surface area (Å²) in [4.78, 5) is 30.0. The van der Waals surface area contributed by atoms with Gasteiger partial charge in [-0.3, -0.25) is 14.9 Å². The van der Waals surface area contributed by atoms with E-state index in [9.17, 15) is 9.59 Å². The maximum Gasteiger partial charge on any atom is 0.261 e. The predicted molar refractivity (Wildman–Crippen MR) is 96.0 cm³/mol. The molecule has 25 heavy (non-hydrogen) atoms. The third-order valence-corrected chi connectivity index (χ3v) is 5.16. The van der Waals surface area contributed by atoms with E-state index in [1.807, 2.05) is 13.8 Å². The first-order valence-corrected chi connectivity index (χ1v) is 8.71. The van der Waals surface area contributed by atoms with Gasteiger partial charge in [0.2, 0.25) is 0 Å². The van der Waals surface area contributed by atoms with Gasteiger partial charge in [-0.2, -0.15) is 0 Å². The molecule has 0 unspecified atom stereocenters. The molecule has 7 heteroatoms. The number of thiazole rings is 1. The molecule has 6 nitrogen and oxygen atoms in total. The van der Waals surface area contributed by atoms with Gasteiger partial charge in [-0.1, -0.05) is 31.3 Å². The lowest BCUT2D eigenvalue weighted by Gasteiger charge is -2.26. The van der Waals surface area contributed by atoms with Gasteiger partial charge in [0.1, 0.15) is 0 Å². The maximum absolute atomic E-state index is 12.6. The standard InChI is InChI=1S/C18H20N2O4S/c1-18(2)8-11-15(12(21)9-18)25-17(19-11)20-16(22)10-6-5-7-13(23-3)14(10)24-4/h5-7H,8-9H2,1-4H3,(H,19,20,22). The molecule has 0 fully saturated rings. The molecule has 0 atom stereocenters. The summed E-state index contributed by atoms with van der Waals surface area (Å²) in [5, 5.41) is 3.19. The SMILES string of the molecule is COc1cccc(C(=O)Nc2nc3c(s2)C(=O)CC(C)(C)C3)c1OC. The van der Waals surface area contributed by atoms with E-state index >= 15 is 0 Å². The summed E-state index contributed by atoms with van der Waals surface area (Å²) < 4.78 is 10.5. The van der Waals surface area contributed by atoms with Crippen LogP contribution in [0.15, 0.2) is 18.2 Å². The molecule has 1 N–H and O–H groups in total. The summed E-state index contributed by atoms with van der Waals surface area (Å²) in [6, 6.07) is 5.09. The molecule has 1 aliphatic rings. The van der Waals surface area contributed by atoms with Crippen LogP contribution in [0.5, 0.6) is 11.5 Å². The number of carbonyl (C=O) groups excluding carboxylic acids is 2. The van der Waals surface area contributed by atoms with E-state index in [2.05, 4.69) is 10.3 Å². The van der Waals surface area contributed by atoms with Crippen molar-refractivity contribution < 1.29 is 19.1 Å². The molecule has 132 valence electrons. The molecular weight excluding hydrogens is 340 g/mol. The summed E-state index contributed by atoms with van der Waals surface area (Å²) in [5.41, 5.74) is 1.01. The van der Waals surface area contributed by atoms with E-state index in [1.165, 1.54) is 25.6 Å². The van der Waals surface area contributed by atoms with Gasteiger partial charge in [0, 0.05) is 6.42 Å². The average molecular weight is 360 g/mol. The minimum Gasteiger partial charge on any atom is -0.493 e. The van der Waals surface area contributed by atoms with Crippen LogP contribution in [0, 0.1) is 5.41 Å². The van der Waals surface area contributed by atoms with Gasteiger partial charge < -0.3 is 9.47 Å². The second-order valence-electron chi connectivity index (χ2n) is 6.73. The van der Waals surface area contributed by atoms with Gasteiger partial charge in [0.05, 0.1) is 30.4 Å². The molecule has 0 saturated carbocycles. The van der Waals surface area contributed by atoms with Crippen molar-refractivity contribution in [2.24, 2.45) is 5.41 Å². The van der Waals surface area contributed by atoms with Gasteiger partial charge in [-0.15, -0.1) is 0 Å². The van der Waals surface area contributed by atoms with Gasteiger partial charge in [0.15, 0.2) is 22.4 Å². The molecule has 1 heterocycles. The Balaban J connectivity index is 1.87. The number of fused-ring (bicyclic) bond motifs is 1. The summed E-state index contributed by atoms with van der Waals surface area (Å²) in [5.74, 6) is 0.573. The molecule has 1 aromatic heterocycles. The first kappa shape index (κ1) is 17.4. The maximum atomic E-state index is 12.6. The van der Waals surface area contributed by atoms with Crippen molar-refractivity contribution in [1.82, 2.24) is 4.98 Å². The monoisotopic (exact) mass is 360 g/mol.